The number of hydrogen-bond acceptors (Lipinski definition) is 4. The zero-order valence-corrected chi connectivity index (χ0v) is 22.6. The van der Waals surface area contributed by atoms with Gasteiger partial charge < -0.3 is 5.32 Å². The van der Waals surface area contributed by atoms with Crippen LogP contribution < -0.4 is 10.2 Å². The van der Waals surface area contributed by atoms with E-state index < -0.39 is 29.0 Å². The van der Waals surface area contributed by atoms with E-state index in [-0.39, 0.29) is 29.5 Å². The zero-order valence-electron chi connectivity index (χ0n) is 21.9. The molecule has 212 valence electrons. The highest BCUT2D eigenvalue weighted by Gasteiger charge is 2.52. The monoisotopic (exact) mass is 583 g/mol. The third-order valence-corrected chi connectivity index (χ3v) is 7.91. The molecule has 1 N–H and O–H groups in total. The Hall–Kier alpha value is -3.94. The van der Waals surface area contributed by atoms with Crippen LogP contribution in [-0.4, -0.2) is 42.1 Å². The molecule has 0 aliphatic carbocycles. The first kappa shape index (κ1) is 28.6. The maximum atomic E-state index is 15.2. The summed E-state index contributed by atoms with van der Waals surface area (Å²) in [4.78, 5) is 20.4. The Morgan fingerprint density at radius 3 is 2.54 bits per heavy atom. The minimum absolute atomic E-state index is 0.0514. The highest BCUT2D eigenvalue weighted by Crippen LogP contribution is 2.52. The molecule has 0 unspecified atom stereocenters. The van der Waals surface area contributed by atoms with Gasteiger partial charge in [0, 0.05) is 31.2 Å². The molecule has 1 saturated heterocycles. The number of piperidine rings is 1. The van der Waals surface area contributed by atoms with Crippen LogP contribution in [0.3, 0.4) is 0 Å². The molecule has 41 heavy (non-hydrogen) atoms. The quantitative estimate of drug-likeness (QED) is 0.273. The molecule has 3 heterocycles. The summed E-state index contributed by atoms with van der Waals surface area (Å²) < 4.78 is 57.8. The number of likely N-dealkylation sites (tertiary alicyclic amines) is 1. The largest absolute Gasteiger partial charge is 0.416 e. The molecule has 3 aromatic rings. The molecule has 6 nitrogen and oxygen atoms in total. The predicted molar refractivity (Wildman–Crippen MR) is 148 cm³/mol. The van der Waals surface area contributed by atoms with Gasteiger partial charge in [-0.3, -0.25) is 9.80 Å². The molecule has 2 aliphatic heterocycles. The minimum Gasteiger partial charge on any atom is -0.334 e. The number of urea groups is 1. The van der Waals surface area contributed by atoms with Crippen molar-refractivity contribution in [3.63, 3.8) is 0 Å². The van der Waals surface area contributed by atoms with Crippen molar-refractivity contribution in [1.82, 2.24) is 15.2 Å². The van der Waals surface area contributed by atoms with Crippen molar-refractivity contribution >= 4 is 29.4 Å². The van der Waals surface area contributed by atoms with E-state index in [4.69, 9.17) is 16.9 Å². The minimum atomic E-state index is -4.70. The second-order valence-corrected chi connectivity index (χ2v) is 10.7. The Bertz CT molecular complexity index is 1510. The Morgan fingerprint density at radius 1 is 1.15 bits per heavy atom. The molecule has 0 bridgehead atoms. The molecule has 2 aromatic carbocycles. The first-order valence-electron chi connectivity index (χ1n) is 13.0. The van der Waals surface area contributed by atoms with Crippen molar-refractivity contribution < 1.29 is 22.4 Å². The molecule has 11 heteroatoms. The average molecular weight is 584 g/mol. The first-order valence-corrected chi connectivity index (χ1v) is 13.4. The van der Waals surface area contributed by atoms with Gasteiger partial charge in [-0.2, -0.15) is 18.4 Å². The van der Waals surface area contributed by atoms with Gasteiger partial charge in [0.1, 0.15) is 11.0 Å². The van der Waals surface area contributed by atoms with E-state index in [1.807, 2.05) is 24.3 Å². The maximum Gasteiger partial charge on any atom is 0.416 e. The Labute approximate surface area is 239 Å². The predicted octanol–water partition coefficient (Wildman–Crippen LogP) is 6.54. The SMILES string of the molecule is N#Cc1ccc(/C=C/CN2CCC3(CC2)CN(C(=O)NCc2ccnc(Cl)c2)c2c(F)ccc(C(F)(F)F)c23)cc1. The van der Waals surface area contributed by atoms with Crippen molar-refractivity contribution in [2.75, 3.05) is 31.1 Å². The van der Waals surface area contributed by atoms with Gasteiger partial charge in [0.15, 0.2) is 0 Å². The van der Waals surface area contributed by atoms with Gasteiger partial charge in [0.25, 0.3) is 0 Å². The van der Waals surface area contributed by atoms with Gasteiger partial charge in [-0.25, -0.2) is 14.2 Å². The summed E-state index contributed by atoms with van der Waals surface area (Å²) in [5, 5.41) is 11.9. The van der Waals surface area contributed by atoms with Crippen LogP contribution in [-0.2, 0) is 18.1 Å². The molecule has 2 amide bonds. The lowest BCUT2D eigenvalue weighted by Crippen LogP contribution is -2.48. The fourth-order valence-corrected chi connectivity index (χ4v) is 5.84. The Balaban J connectivity index is 1.35. The Kier molecular flexibility index (Phi) is 8.02. The van der Waals surface area contributed by atoms with Crippen molar-refractivity contribution in [3.8, 4) is 6.07 Å². The van der Waals surface area contributed by atoms with Crippen molar-refractivity contribution in [3.05, 3.63) is 99.6 Å². The van der Waals surface area contributed by atoms with Crippen LogP contribution in [0.2, 0.25) is 5.15 Å². The summed E-state index contributed by atoms with van der Waals surface area (Å²) in [6, 6.07) is 13.3. The summed E-state index contributed by atoms with van der Waals surface area (Å²) >= 11 is 5.91. The molecular weight excluding hydrogens is 558 g/mol. The van der Waals surface area contributed by atoms with Gasteiger partial charge in [-0.15, -0.1) is 0 Å². The second kappa shape index (κ2) is 11.5. The number of fused-ring (bicyclic) bond motifs is 2. The summed E-state index contributed by atoms with van der Waals surface area (Å²) in [5.74, 6) is -0.861. The number of pyridine rings is 1. The molecule has 2 aliphatic rings. The number of nitrogens with one attached hydrogen (secondary N) is 1. The van der Waals surface area contributed by atoms with Gasteiger partial charge in [-0.05, 0) is 79.0 Å². The number of aromatic nitrogens is 1. The summed E-state index contributed by atoms with van der Waals surface area (Å²) in [7, 11) is 0. The van der Waals surface area contributed by atoms with E-state index in [0.717, 1.165) is 22.6 Å². The average Bonchev–Trinajstić information content (AvgIpc) is 3.28. The van der Waals surface area contributed by atoms with E-state index in [1.54, 1.807) is 24.3 Å². The lowest BCUT2D eigenvalue weighted by Gasteiger charge is -2.40. The standard InChI is InChI=1S/C30H26ClF4N5O/c31-25-16-22(9-12-37-25)18-38-28(41)40-19-29(26-23(30(33,34)35)7-8-24(32)27(26)40)10-14-39(15-11-29)13-1-2-20-3-5-21(17-36)6-4-20/h1-9,12,16H,10-11,13-15,18-19H2,(H,38,41)/b2-1+. The van der Waals surface area contributed by atoms with Gasteiger partial charge in [-0.1, -0.05) is 35.9 Å². The molecule has 0 saturated carbocycles. The van der Waals surface area contributed by atoms with E-state index in [9.17, 15) is 18.0 Å². The molecular formula is C30H26ClF4N5O. The number of carbonyl (C=O) groups excluding carboxylic acids is 1. The van der Waals surface area contributed by atoms with E-state index in [1.165, 1.54) is 6.20 Å². The lowest BCUT2D eigenvalue weighted by molar-refractivity contribution is -0.138. The van der Waals surface area contributed by atoms with Crippen LogP contribution in [0, 0.1) is 17.1 Å². The number of halogens is 5. The topological polar surface area (TPSA) is 72.3 Å². The smallest absolute Gasteiger partial charge is 0.334 e. The van der Waals surface area contributed by atoms with E-state index in [2.05, 4.69) is 21.3 Å². The fraction of sp³-hybridized carbons (Fsp3) is 0.300. The molecule has 1 fully saturated rings. The second-order valence-electron chi connectivity index (χ2n) is 10.3. The number of benzene rings is 2. The van der Waals surface area contributed by atoms with Gasteiger partial charge in [0.05, 0.1) is 22.9 Å². The van der Waals surface area contributed by atoms with E-state index >= 15 is 4.39 Å². The number of nitriles is 1. The van der Waals surface area contributed by atoms with Crippen LogP contribution in [0.5, 0.6) is 0 Å². The van der Waals surface area contributed by atoms with Crippen LogP contribution >= 0.6 is 11.6 Å². The number of nitrogens with zero attached hydrogens (tertiary/aromatic N) is 4. The third kappa shape index (κ3) is 6.06. The zero-order chi connectivity index (χ0) is 29.2. The molecule has 5 rings (SSSR count). The highest BCUT2D eigenvalue weighted by molar-refractivity contribution is 6.29. The van der Waals surface area contributed by atoms with E-state index in [0.29, 0.717) is 43.6 Å². The van der Waals surface area contributed by atoms with Crippen molar-refractivity contribution in [1.29, 1.82) is 5.26 Å². The van der Waals surface area contributed by atoms with Crippen LogP contribution in [0.1, 0.15) is 40.7 Å². The molecule has 1 spiro atoms. The van der Waals surface area contributed by atoms with Crippen molar-refractivity contribution in [2.24, 2.45) is 0 Å². The van der Waals surface area contributed by atoms with Gasteiger partial charge >= 0.3 is 12.2 Å². The number of hydrogen-bond donors (Lipinski definition) is 1. The third-order valence-electron chi connectivity index (χ3n) is 7.70. The first-order chi connectivity index (χ1) is 19.6. The van der Waals surface area contributed by atoms with Crippen LogP contribution in [0.25, 0.3) is 6.08 Å². The summed E-state index contributed by atoms with van der Waals surface area (Å²) in [6.45, 7) is 1.55. The molecule has 0 atom stereocenters. The molecule has 1 aromatic heterocycles. The van der Waals surface area contributed by atoms with Crippen LogP contribution in [0.15, 0.2) is 60.8 Å². The highest BCUT2D eigenvalue weighted by atomic mass is 35.5. The summed E-state index contributed by atoms with van der Waals surface area (Å²) in [5.41, 5.74) is -0.229. The lowest BCUT2D eigenvalue weighted by atomic mass is 9.72. The molecule has 0 radical (unpaired) electrons. The fourth-order valence-electron chi connectivity index (χ4n) is 5.64. The van der Waals surface area contributed by atoms with Crippen LogP contribution in [0.4, 0.5) is 28.0 Å². The van der Waals surface area contributed by atoms with Crippen molar-refractivity contribution in [2.45, 2.75) is 31.0 Å². The maximum absolute atomic E-state index is 15.2. The number of anilines is 1. The van der Waals surface area contributed by atoms with Gasteiger partial charge in [0.2, 0.25) is 0 Å². The normalized spacial score (nSPS) is 16.6. The number of carbonyl (C=O) groups is 1. The number of alkyl halides is 3. The Morgan fingerprint density at radius 2 is 1.88 bits per heavy atom. The number of amides is 2. The number of rotatable bonds is 5. The summed E-state index contributed by atoms with van der Waals surface area (Å²) in [6.07, 6.45) is 1.34.